The summed E-state index contributed by atoms with van der Waals surface area (Å²) >= 11 is 0. The lowest BCUT2D eigenvalue weighted by Crippen LogP contribution is -2.54. The van der Waals surface area contributed by atoms with Crippen molar-refractivity contribution in [3.63, 3.8) is 0 Å². The molecule has 3 unspecified atom stereocenters. The van der Waals surface area contributed by atoms with Crippen molar-refractivity contribution >= 4 is 11.8 Å². The summed E-state index contributed by atoms with van der Waals surface area (Å²) in [7, 11) is 5.31. The van der Waals surface area contributed by atoms with Crippen molar-refractivity contribution in [2.45, 2.75) is 32.6 Å². The number of methoxy groups -OCH3 is 1. The van der Waals surface area contributed by atoms with Crippen molar-refractivity contribution < 1.29 is 14.3 Å². The molecule has 0 spiro atoms. The molecule has 5 nitrogen and oxygen atoms in total. The Morgan fingerprint density at radius 3 is 2.19 bits per heavy atom. The van der Waals surface area contributed by atoms with Gasteiger partial charge in [0.1, 0.15) is 5.75 Å². The lowest BCUT2D eigenvalue weighted by Gasteiger charge is -2.43. The Morgan fingerprint density at radius 2 is 1.66 bits per heavy atom. The largest absolute Gasteiger partial charge is 0.497 e. The van der Waals surface area contributed by atoms with Crippen LogP contribution in [0.3, 0.4) is 0 Å². The number of rotatable bonds is 6. The van der Waals surface area contributed by atoms with Crippen LogP contribution in [0.1, 0.15) is 31.7 Å². The number of carbonyl (C=O) groups excluding carboxylic acids is 2. The molecule has 0 bridgehead atoms. The Bertz CT molecular complexity index is 967. The van der Waals surface area contributed by atoms with Gasteiger partial charge in [-0.1, -0.05) is 43.3 Å². The molecular formula is C27H34N2O3. The van der Waals surface area contributed by atoms with Crippen LogP contribution in [0.4, 0.5) is 0 Å². The number of hydrogen-bond donors (Lipinski definition) is 0. The summed E-state index contributed by atoms with van der Waals surface area (Å²) in [5.74, 6) is 1.84. The van der Waals surface area contributed by atoms with E-state index in [-0.39, 0.29) is 17.7 Å². The number of likely N-dealkylation sites (tertiary alicyclic amines) is 1. The lowest BCUT2D eigenvalue weighted by molar-refractivity contribution is -0.147. The van der Waals surface area contributed by atoms with Crippen LogP contribution in [0, 0.1) is 17.3 Å². The summed E-state index contributed by atoms with van der Waals surface area (Å²) < 4.78 is 5.25. The normalized spacial score (nSPS) is 24.7. The maximum absolute atomic E-state index is 13.4. The van der Waals surface area contributed by atoms with Crippen molar-refractivity contribution in [3.8, 4) is 16.9 Å². The molecule has 170 valence electrons. The minimum atomic E-state index is -0.558. The summed E-state index contributed by atoms with van der Waals surface area (Å²) in [6, 6.07) is 16.5. The number of nitrogens with zero attached hydrogens (tertiary/aromatic N) is 2. The Labute approximate surface area is 191 Å². The standard InChI is InChI=1S/C27H34N2O3/c1-19-16-24(19)25(30)29-15-5-14-27(18-29,26(31)28(2)3)17-20-6-8-21(9-7-20)22-10-12-23(32-4)13-11-22/h6-13,19,24H,5,14-18H2,1-4H3. The fourth-order valence-corrected chi connectivity index (χ4v) is 5.08. The van der Waals surface area contributed by atoms with Crippen molar-refractivity contribution in [1.29, 1.82) is 0 Å². The van der Waals surface area contributed by atoms with Gasteiger partial charge in [-0.15, -0.1) is 0 Å². The lowest BCUT2D eigenvalue weighted by atomic mass is 9.73. The minimum absolute atomic E-state index is 0.123. The molecule has 2 aliphatic rings. The van der Waals surface area contributed by atoms with E-state index in [0.29, 0.717) is 18.9 Å². The molecule has 0 N–H and O–H groups in total. The number of benzene rings is 2. The maximum Gasteiger partial charge on any atom is 0.230 e. The third-order valence-corrected chi connectivity index (χ3v) is 7.09. The van der Waals surface area contributed by atoms with Crippen LogP contribution in [0.25, 0.3) is 11.1 Å². The molecular weight excluding hydrogens is 400 g/mol. The highest BCUT2D eigenvalue weighted by Crippen LogP contribution is 2.42. The molecule has 3 atom stereocenters. The zero-order chi connectivity index (χ0) is 22.9. The number of carbonyl (C=O) groups is 2. The first-order valence-electron chi connectivity index (χ1n) is 11.6. The third-order valence-electron chi connectivity index (χ3n) is 7.09. The molecule has 1 aliphatic carbocycles. The second-order valence-corrected chi connectivity index (χ2v) is 9.76. The molecule has 2 fully saturated rings. The molecule has 4 rings (SSSR count). The van der Waals surface area contributed by atoms with Crippen LogP contribution in [-0.4, -0.2) is 55.9 Å². The summed E-state index contributed by atoms with van der Waals surface area (Å²) in [6.07, 6.45) is 3.32. The van der Waals surface area contributed by atoms with E-state index in [1.54, 1.807) is 12.0 Å². The van der Waals surface area contributed by atoms with E-state index in [9.17, 15) is 9.59 Å². The predicted molar refractivity (Wildman–Crippen MR) is 126 cm³/mol. The molecule has 1 saturated heterocycles. The van der Waals surface area contributed by atoms with Gasteiger partial charge in [0.15, 0.2) is 0 Å². The van der Waals surface area contributed by atoms with Crippen LogP contribution in [0.15, 0.2) is 48.5 Å². The first-order chi connectivity index (χ1) is 15.3. The molecule has 1 aliphatic heterocycles. The van der Waals surface area contributed by atoms with Gasteiger partial charge in [0.05, 0.1) is 12.5 Å². The molecule has 2 aromatic rings. The summed E-state index contributed by atoms with van der Waals surface area (Å²) in [6.45, 7) is 3.42. The highest BCUT2D eigenvalue weighted by atomic mass is 16.5. The van der Waals surface area contributed by atoms with Crippen molar-refractivity contribution in [2.24, 2.45) is 17.3 Å². The fourth-order valence-electron chi connectivity index (χ4n) is 5.08. The van der Waals surface area contributed by atoms with Crippen molar-refractivity contribution in [3.05, 3.63) is 54.1 Å². The van der Waals surface area contributed by atoms with E-state index in [1.807, 2.05) is 43.3 Å². The molecule has 2 aromatic carbocycles. The van der Waals surface area contributed by atoms with Gasteiger partial charge < -0.3 is 14.5 Å². The quantitative estimate of drug-likeness (QED) is 0.683. The van der Waals surface area contributed by atoms with Crippen LogP contribution in [0.5, 0.6) is 5.75 Å². The highest BCUT2D eigenvalue weighted by molar-refractivity contribution is 5.86. The topological polar surface area (TPSA) is 49.9 Å². The van der Waals surface area contributed by atoms with Gasteiger partial charge in [0.25, 0.3) is 0 Å². The number of hydrogen-bond acceptors (Lipinski definition) is 3. The van der Waals surface area contributed by atoms with Gasteiger partial charge >= 0.3 is 0 Å². The van der Waals surface area contributed by atoms with Crippen LogP contribution >= 0.6 is 0 Å². The van der Waals surface area contributed by atoms with Crippen LogP contribution in [-0.2, 0) is 16.0 Å². The monoisotopic (exact) mass is 434 g/mol. The zero-order valence-electron chi connectivity index (χ0n) is 19.6. The highest BCUT2D eigenvalue weighted by Gasteiger charge is 2.48. The molecule has 0 radical (unpaired) electrons. The van der Waals surface area contributed by atoms with Crippen molar-refractivity contribution in [1.82, 2.24) is 9.80 Å². The molecule has 5 heteroatoms. The summed E-state index contributed by atoms with van der Waals surface area (Å²) in [5.41, 5.74) is 2.83. The van der Waals surface area contributed by atoms with Gasteiger partial charge in [-0.3, -0.25) is 9.59 Å². The Morgan fingerprint density at radius 1 is 1.06 bits per heavy atom. The van der Waals surface area contributed by atoms with E-state index >= 15 is 0 Å². The van der Waals surface area contributed by atoms with Crippen molar-refractivity contribution in [2.75, 3.05) is 34.3 Å². The maximum atomic E-state index is 13.4. The molecule has 32 heavy (non-hydrogen) atoms. The van der Waals surface area contributed by atoms with E-state index in [2.05, 4.69) is 31.2 Å². The van der Waals surface area contributed by atoms with Gasteiger partial charge in [0.2, 0.25) is 11.8 Å². The molecule has 1 heterocycles. The first-order valence-corrected chi connectivity index (χ1v) is 11.6. The average Bonchev–Trinajstić information content (AvgIpc) is 3.55. The number of piperidine rings is 1. The molecule has 1 saturated carbocycles. The fraction of sp³-hybridized carbons (Fsp3) is 0.481. The summed E-state index contributed by atoms with van der Waals surface area (Å²) in [4.78, 5) is 30.0. The number of amides is 2. The van der Waals surface area contributed by atoms with E-state index < -0.39 is 5.41 Å². The Hall–Kier alpha value is -2.82. The molecule has 2 amide bonds. The minimum Gasteiger partial charge on any atom is -0.497 e. The van der Waals surface area contributed by atoms with Gasteiger partial charge in [0, 0.05) is 33.1 Å². The smallest absolute Gasteiger partial charge is 0.230 e. The summed E-state index contributed by atoms with van der Waals surface area (Å²) in [5, 5.41) is 0. The Balaban J connectivity index is 1.54. The Kier molecular flexibility index (Phi) is 6.27. The average molecular weight is 435 g/mol. The van der Waals surface area contributed by atoms with Gasteiger partial charge in [-0.05, 0) is 60.4 Å². The zero-order valence-corrected chi connectivity index (χ0v) is 19.6. The third kappa shape index (κ3) is 4.52. The van der Waals surface area contributed by atoms with Crippen LogP contribution < -0.4 is 4.74 Å². The van der Waals surface area contributed by atoms with E-state index in [4.69, 9.17) is 4.74 Å². The second kappa shape index (κ2) is 8.97. The SMILES string of the molecule is COc1ccc(-c2ccc(CC3(C(=O)N(C)C)CCCN(C(=O)C4CC4C)C3)cc2)cc1. The van der Waals surface area contributed by atoms with Gasteiger partial charge in [-0.25, -0.2) is 0 Å². The predicted octanol–water partition coefficient (Wildman–Crippen LogP) is 4.26. The van der Waals surface area contributed by atoms with Gasteiger partial charge in [-0.2, -0.15) is 0 Å². The molecule has 0 aromatic heterocycles. The number of ether oxygens (including phenoxy) is 1. The van der Waals surface area contributed by atoms with E-state index in [1.165, 1.54) is 0 Å². The van der Waals surface area contributed by atoms with Crippen LogP contribution in [0.2, 0.25) is 0 Å². The van der Waals surface area contributed by atoms with E-state index in [0.717, 1.165) is 48.2 Å². The first kappa shape index (κ1) is 22.4. The second-order valence-electron chi connectivity index (χ2n) is 9.76.